The van der Waals surface area contributed by atoms with Crippen LogP contribution in [-0.2, 0) is 4.79 Å². The first-order valence-corrected chi connectivity index (χ1v) is 7.74. The number of hydrogen-bond donors (Lipinski definition) is 2. The van der Waals surface area contributed by atoms with Crippen molar-refractivity contribution in [2.75, 3.05) is 0 Å². The van der Waals surface area contributed by atoms with Gasteiger partial charge in [0.25, 0.3) is 5.91 Å². The van der Waals surface area contributed by atoms with E-state index in [0.29, 0.717) is 18.1 Å². The van der Waals surface area contributed by atoms with Crippen LogP contribution in [-0.4, -0.2) is 28.0 Å². The van der Waals surface area contributed by atoms with Crippen molar-refractivity contribution in [2.24, 2.45) is 5.92 Å². The van der Waals surface area contributed by atoms with Crippen LogP contribution >= 0.6 is 0 Å². The van der Waals surface area contributed by atoms with Crippen LogP contribution in [0.1, 0.15) is 30.6 Å². The zero-order chi connectivity index (χ0) is 17.5. The highest BCUT2D eigenvalue weighted by molar-refractivity contribution is 5.96. The maximum absolute atomic E-state index is 12.2. The number of carboxylic acid groups (broad SMARTS) is 1. The van der Waals surface area contributed by atoms with Crippen LogP contribution in [0.15, 0.2) is 48.7 Å². The number of nitrogens with zero attached hydrogens (tertiary/aromatic N) is 1. The molecule has 2 rings (SSSR count). The molecule has 6 nitrogen and oxygen atoms in total. The van der Waals surface area contributed by atoms with E-state index in [1.165, 1.54) is 6.20 Å². The third kappa shape index (κ3) is 4.55. The van der Waals surface area contributed by atoms with E-state index in [2.05, 4.69) is 10.3 Å². The quantitative estimate of drug-likeness (QED) is 0.815. The molecule has 0 fully saturated rings. The van der Waals surface area contributed by atoms with Crippen LogP contribution in [0.5, 0.6) is 11.6 Å². The summed E-state index contributed by atoms with van der Waals surface area (Å²) in [6.07, 6.45) is 2.02. The summed E-state index contributed by atoms with van der Waals surface area (Å²) in [5.41, 5.74) is 0.282. The Kier molecular flexibility index (Phi) is 5.89. The number of pyridine rings is 1. The molecular formula is C18H20N2O4. The fourth-order valence-corrected chi connectivity index (χ4v) is 2.09. The Bertz CT molecular complexity index is 686. The third-order valence-electron chi connectivity index (χ3n) is 3.73. The summed E-state index contributed by atoms with van der Waals surface area (Å²) in [4.78, 5) is 27.5. The third-order valence-corrected chi connectivity index (χ3v) is 3.73. The molecule has 0 radical (unpaired) electrons. The van der Waals surface area contributed by atoms with Gasteiger partial charge in [0, 0.05) is 12.3 Å². The van der Waals surface area contributed by atoms with Gasteiger partial charge >= 0.3 is 5.97 Å². The number of para-hydroxylation sites is 1. The number of carboxylic acids is 1. The van der Waals surface area contributed by atoms with E-state index in [9.17, 15) is 14.7 Å². The van der Waals surface area contributed by atoms with Gasteiger partial charge in [0.15, 0.2) is 0 Å². The molecule has 0 aliphatic rings. The topological polar surface area (TPSA) is 88.5 Å². The molecule has 0 aliphatic heterocycles. The second kappa shape index (κ2) is 8.10. The lowest BCUT2D eigenvalue weighted by molar-refractivity contribution is -0.140. The zero-order valence-electron chi connectivity index (χ0n) is 13.6. The Morgan fingerprint density at radius 3 is 2.46 bits per heavy atom. The van der Waals surface area contributed by atoms with Crippen LogP contribution in [0.3, 0.4) is 0 Å². The molecule has 1 aromatic heterocycles. The molecule has 24 heavy (non-hydrogen) atoms. The lowest BCUT2D eigenvalue weighted by Gasteiger charge is -2.20. The number of ether oxygens (including phenoxy) is 1. The van der Waals surface area contributed by atoms with Crippen molar-refractivity contribution in [2.45, 2.75) is 26.3 Å². The summed E-state index contributed by atoms with van der Waals surface area (Å²) in [5, 5.41) is 11.8. The Morgan fingerprint density at radius 2 is 1.92 bits per heavy atom. The predicted molar refractivity (Wildman–Crippen MR) is 89.1 cm³/mol. The number of amides is 1. The molecule has 2 unspecified atom stereocenters. The van der Waals surface area contributed by atoms with Gasteiger partial charge in [0.1, 0.15) is 11.8 Å². The highest BCUT2D eigenvalue weighted by Crippen LogP contribution is 2.18. The largest absolute Gasteiger partial charge is 0.480 e. The van der Waals surface area contributed by atoms with Crippen molar-refractivity contribution >= 4 is 11.9 Å². The van der Waals surface area contributed by atoms with Gasteiger partial charge in [-0.05, 0) is 24.1 Å². The molecule has 126 valence electrons. The molecule has 6 heteroatoms. The van der Waals surface area contributed by atoms with E-state index in [4.69, 9.17) is 4.74 Å². The number of carbonyl (C=O) groups is 2. The number of aromatic nitrogens is 1. The van der Waals surface area contributed by atoms with Crippen LogP contribution in [0.25, 0.3) is 0 Å². The van der Waals surface area contributed by atoms with E-state index in [0.717, 1.165) is 0 Å². The Balaban J connectivity index is 2.04. The minimum absolute atomic E-state index is 0.167. The SMILES string of the molecule is CCC(C)C(NC(=O)c1ccc(Oc2ccccc2)nc1)C(=O)O. The normalized spacial score (nSPS) is 12.9. The summed E-state index contributed by atoms with van der Waals surface area (Å²) < 4.78 is 5.55. The number of benzene rings is 1. The fraction of sp³-hybridized carbons (Fsp3) is 0.278. The highest BCUT2D eigenvalue weighted by atomic mass is 16.5. The van der Waals surface area contributed by atoms with Crippen molar-refractivity contribution in [1.29, 1.82) is 0 Å². The molecular weight excluding hydrogens is 308 g/mol. The number of aliphatic carboxylic acids is 1. The molecule has 0 spiro atoms. The summed E-state index contributed by atoms with van der Waals surface area (Å²) in [7, 11) is 0. The van der Waals surface area contributed by atoms with Crippen molar-refractivity contribution < 1.29 is 19.4 Å². The fourth-order valence-electron chi connectivity index (χ4n) is 2.09. The molecule has 2 N–H and O–H groups in total. The summed E-state index contributed by atoms with van der Waals surface area (Å²) in [5.74, 6) is -0.685. The number of hydrogen-bond acceptors (Lipinski definition) is 4. The average molecular weight is 328 g/mol. The zero-order valence-corrected chi connectivity index (χ0v) is 13.6. The standard InChI is InChI=1S/C18H20N2O4/c1-3-12(2)16(18(22)23)20-17(21)13-9-10-15(19-11-13)24-14-7-5-4-6-8-14/h4-12,16H,3H2,1-2H3,(H,20,21)(H,22,23). The predicted octanol–water partition coefficient (Wildman–Crippen LogP) is 3.10. The van der Waals surface area contributed by atoms with Gasteiger partial charge in [-0.2, -0.15) is 0 Å². The molecule has 1 amide bonds. The molecule has 1 heterocycles. The van der Waals surface area contributed by atoms with E-state index in [1.54, 1.807) is 31.2 Å². The maximum atomic E-state index is 12.2. The van der Waals surface area contributed by atoms with Crippen molar-refractivity contribution in [1.82, 2.24) is 10.3 Å². The number of rotatable bonds is 7. The molecule has 0 saturated heterocycles. The first kappa shape index (κ1) is 17.5. The number of carbonyl (C=O) groups excluding carboxylic acids is 1. The van der Waals surface area contributed by atoms with Gasteiger partial charge in [-0.15, -0.1) is 0 Å². The van der Waals surface area contributed by atoms with Gasteiger partial charge in [0.2, 0.25) is 5.88 Å². The van der Waals surface area contributed by atoms with Gasteiger partial charge in [0.05, 0.1) is 5.56 Å². The van der Waals surface area contributed by atoms with Gasteiger partial charge in [-0.3, -0.25) is 4.79 Å². The first-order valence-electron chi connectivity index (χ1n) is 7.74. The van der Waals surface area contributed by atoms with Gasteiger partial charge < -0.3 is 15.2 Å². The monoisotopic (exact) mass is 328 g/mol. The van der Waals surface area contributed by atoms with E-state index < -0.39 is 17.9 Å². The minimum Gasteiger partial charge on any atom is -0.480 e. The second-order valence-corrected chi connectivity index (χ2v) is 5.48. The average Bonchev–Trinajstić information content (AvgIpc) is 2.60. The molecule has 0 saturated carbocycles. The molecule has 2 aromatic rings. The number of nitrogens with one attached hydrogen (secondary N) is 1. The van der Waals surface area contributed by atoms with Gasteiger partial charge in [-0.25, -0.2) is 9.78 Å². The van der Waals surface area contributed by atoms with Crippen molar-refractivity contribution in [3.8, 4) is 11.6 Å². The van der Waals surface area contributed by atoms with Crippen LogP contribution in [0.2, 0.25) is 0 Å². The summed E-state index contributed by atoms with van der Waals surface area (Å²) >= 11 is 0. The Hall–Kier alpha value is -2.89. The lowest BCUT2D eigenvalue weighted by atomic mass is 9.99. The second-order valence-electron chi connectivity index (χ2n) is 5.48. The molecule has 2 atom stereocenters. The minimum atomic E-state index is -1.05. The Morgan fingerprint density at radius 1 is 1.21 bits per heavy atom. The van der Waals surface area contributed by atoms with E-state index >= 15 is 0 Å². The summed E-state index contributed by atoms with van der Waals surface area (Å²) in [6.45, 7) is 3.66. The first-order chi connectivity index (χ1) is 11.5. The van der Waals surface area contributed by atoms with E-state index in [-0.39, 0.29) is 11.5 Å². The van der Waals surface area contributed by atoms with Crippen LogP contribution in [0.4, 0.5) is 0 Å². The van der Waals surface area contributed by atoms with Gasteiger partial charge in [-0.1, -0.05) is 38.5 Å². The summed E-state index contributed by atoms with van der Waals surface area (Å²) in [6, 6.07) is 11.4. The van der Waals surface area contributed by atoms with E-state index in [1.807, 2.05) is 25.1 Å². The molecule has 0 bridgehead atoms. The van der Waals surface area contributed by atoms with Crippen molar-refractivity contribution in [3.63, 3.8) is 0 Å². The van der Waals surface area contributed by atoms with Crippen LogP contribution in [0, 0.1) is 5.92 Å². The smallest absolute Gasteiger partial charge is 0.326 e. The van der Waals surface area contributed by atoms with Crippen LogP contribution < -0.4 is 10.1 Å². The van der Waals surface area contributed by atoms with Crippen molar-refractivity contribution in [3.05, 3.63) is 54.2 Å². The lowest BCUT2D eigenvalue weighted by Crippen LogP contribution is -2.45. The highest BCUT2D eigenvalue weighted by Gasteiger charge is 2.25. The maximum Gasteiger partial charge on any atom is 0.326 e. The molecule has 0 aliphatic carbocycles. The Labute approximate surface area is 140 Å². The molecule has 1 aromatic carbocycles.